The number of hydrogen-bond donors (Lipinski definition) is 3. The molecule has 7 rings (SSSR count). The van der Waals surface area contributed by atoms with Crippen molar-refractivity contribution in [1.29, 1.82) is 0 Å². The Kier molecular flexibility index (Phi) is 10.8. The fourth-order valence-electron chi connectivity index (χ4n) is 7.58. The molecule has 5 atom stereocenters. The van der Waals surface area contributed by atoms with E-state index in [0.29, 0.717) is 36.0 Å². The van der Waals surface area contributed by atoms with Crippen molar-refractivity contribution >= 4 is 44.9 Å². The Morgan fingerprint density at radius 3 is 2.46 bits per heavy atom. The average Bonchev–Trinajstić information content (AvgIpc) is 4.09. The summed E-state index contributed by atoms with van der Waals surface area (Å²) in [5.41, 5.74) is 1.33. The molecule has 4 amide bonds. The molecule has 1 saturated heterocycles. The van der Waals surface area contributed by atoms with E-state index in [2.05, 4.69) is 21.9 Å². The molecule has 2 aliphatic heterocycles. The lowest BCUT2D eigenvalue weighted by Gasteiger charge is -2.35. The number of rotatable bonds is 7. The third-order valence-corrected chi connectivity index (χ3v) is 12.9. The van der Waals surface area contributed by atoms with Crippen molar-refractivity contribution in [2.45, 2.75) is 108 Å². The van der Waals surface area contributed by atoms with Gasteiger partial charge in [-0.05, 0) is 61.6 Å². The summed E-state index contributed by atoms with van der Waals surface area (Å²) in [5.74, 6) is -2.35. The first-order valence-electron chi connectivity index (χ1n) is 19.5. The number of fused-ring (bicyclic) bond motifs is 4. The Bertz CT molecular complexity index is 2140. The molecule has 2 saturated carbocycles. The van der Waals surface area contributed by atoms with Gasteiger partial charge in [0.15, 0.2) is 0 Å². The Hall–Kier alpha value is -5.05. The van der Waals surface area contributed by atoms with Gasteiger partial charge >= 0.3 is 6.09 Å². The van der Waals surface area contributed by atoms with Gasteiger partial charge in [0.1, 0.15) is 29.4 Å². The molecule has 3 heterocycles. The van der Waals surface area contributed by atoms with Crippen LogP contribution in [-0.2, 0) is 35.6 Å². The van der Waals surface area contributed by atoms with Crippen molar-refractivity contribution in [3.8, 4) is 17.1 Å². The Labute approximate surface area is 327 Å². The highest BCUT2D eigenvalue weighted by atomic mass is 32.2. The van der Waals surface area contributed by atoms with Crippen molar-refractivity contribution in [3.63, 3.8) is 0 Å². The number of cyclic esters (lactones) is 1. The summed E-state index contributed by atoms with van der Waals surface area (Å²) >= 11 is 0. The number of hydrogen-bond acceptors (Lipinski definition) is 10. The van der Waals surface area contributed by atoms with Gasteiger partial charge in [-0.15, -0.1) is 6.58 Å². The number of alkyl carbamates (subject to hydrolysis) is 1. The first-order valence-corrected chi connectivity index (χ1v) is 21.0. The van der Waals surface area contributed by atoms with Crippen LogP contribution in [0.15, 0.2) is 61.2 Å². The van der Waals surface area contributed by atoms with E-state index in [4.69, 9.17) is 19.4 Å². The van der Waals surface area contributed by atoms with Crippen molar-refractivity contribution in [2.75, 3.05) is 13.2 Å². The van der Waals surface area contributed by atoms with Crippen LogP contribution in [0.5, 0.6) is 5.88 Å². The van der Waals surface area contributed by atoms with E-state index in [1.54, 1.807) is 20.8 Å². The maximum Gasteiger partial charge on any atom is 0.407 e. The molecule has 4 aliphatic rings. The molecule has 15 heteroatoms. The summed E-state index contributed by atoms with van der Waals surface area (Å²) < 4.78 is 39.9. The Morgan fingerprint density at radius 2 is 1.77 bits per heavy atom. The van der Waals surface area contributed by atoms with Crippen LogP contribution in [0.25, 0.3) is 22.3 Å². The minimum atomic E-state index is -3.91. The molecule has 2 aliphatic carbocycles. The van der Waals surface area contributed by atoms with Crippen LogP contribution in [0.1, 0.15) is 77.7 Å². The second-order valence-electron chi connectivity index (χ2n) is 16.5. The topological polar surface area (TPSA) is 186 Å². The highest BCUT2D eigenvalue weighted by Gasteiger charge is 2.62. The van der Waals surface area contributed by atoms with Crippen LogP contribution in [0.3, 0.4) is 0 Å². The quantitative estimate of drug-likeness (QED) is 0.287. The lowest BCUT2D eigenvalue weighted by atomic mass is 9.85. The van der Waals surface area contributed by atoms with Gasteiger partial charge in [0.25, 0.3) is 5.91 Å². The lowest BCUT2D eigenvalue weighted by Crippen LogP contribution is -2.60. The second kappa shape index (κ2) is 15.5. The van der Waals surface area contributed by atoms with Crippen LogP contribution >= 0.6 is 0 Å². The average molecular weight is 787 g/mol. The third-order valence-electron chi connectivity index (χ3n) is 11.1. The summed E-state index contributed by atoms with van der Waals surface area (Å²) in [6, 6.07) is 13.2. The van der Waals surface area contributed by atoms with E-state index in [-0.39, 0.29) is 31.9 Å². The number of aryl methyl sites for hydroxylation is 1. The van der Waals surface area contributed by atoms with Crippen LogP contribution in [0.2, 0.25) is 0 Å². The molecule has 14 nitrogen and oxygen atoms in total. The van der Waals surface area contributed by atoms with E-state index in [9.17, 15) is 27.6 Å². The van der Waals surface area contributed by atoms with E-state index >= 15 is 0 Å². The van der Waals surface area contributed by atoms with Gasteiger partial charge in [-0.1, -0.05) is 76.1 Å². The highest BCUT2D eigenvalue weighted by Crippen LogP contribution is 2.45. The maximum atomic E-state index is 14.6. The van der Waals surface area contributed by atoms with Gasteiger partial charge in [0.2, 0.25) is 27.7 Å². The molecule has 56 heavy (non-hydrogen) atoms. The molecule has 0 spiro atoms. The number of ether oxygens (including phenoxy) is 2. The van der Waals surface area contributed by atoms with E-state index in [1.807, 2.05) is 48.5 Å². The van der Waals surface area contributed by atoms with Gasteiger partial charge in [-0.3, -0.25) is 19.1 Å². The number of nitrogens with one attached hydrogen (secondary N) is 3. The summed E-state index contributed by atoms with van der Waals surface area (Å²) in [7, 11) is -3.91. The molecule has 3 aromatic rings. The second-order valence-corrected chi connectivity index (χ2v) is 18.4. The van der Waals surface area contributed by atoms with Crippen LogP contribution in [-0.4, -0.2) is 89.2 Å². The van der Waals surface area contributed by atoms with Crippen LogP contribution in [0, 0.1) is 11.3 Å². The largest absolute Gasteiger partial charge is 0.471 e. The molecule has 3 N–H and O–H groups in total. The molecule has 1 aromatic heterocycles. The monoisotopic (exact) mass is 786 g/mol. The van der Waals surface area contributed by atoms with E-state index < -0.39 is 74.1 Å². The highest BCUT2D eigenvalue weighted by molar-refractivity contribution is 7.91. The standard InChI is InChI=1S/C41H50N6O8S/c1-5-27-23-41(27,38(50)46-56(52,53)29-17-18-29)45-35(48)32-22-28-24-47(32)37(49)34(40(2,3)4)44-39(51)54-20-12-7-6-9-13-25-16-19-30-31(21-25)43-36(55-28)33(42-30)26-14-10-8-11-15-26/h5,8,10-11,14-16,19,21,27-29,32,34H,1,6-7,9,12-13,17-18,20,22-24H2,2-4H3,(H,44,51)(H,45,48)(H,46,50)/t27-,28-,32+,34-,41+/m1/s1. The zero-order valence-electron chi connectivity index (χ0n) is 32.1. The lowest BCUT2D eigenvalue weighted by molar-refractivity contribution is -0.142. The van der Waals surface area contributed by atoms with Crippen molar-refractivity contribution in [1.82, 2.24) is 30.2 Å². The minimum absolute atomic E-state index is 0.00367. The molecule has 298 valence electrons. The first kappa shape index (κ1) is 39.2. The minimum Gasteiger partial charge on any atom is -0.471 e. The molecule has 5 bridgehead atoms. The molecule has 0 radical (unpaired) electrons. The molecular formula is C41H50N6O8S. The van der Waals surface area contributed by atoms with Gasteiger partial charge in [0, 0.05) is 17.9 Å². The molecule has 2 aromatic carbocycles. The number of carbonyl (C=O) groups excluding carboxylic acids is 4. The van der Waals surface area contributed by atoms with E-state index in [1.165, 1.54) is 11.0 Å². The number of amides is 4. The summed E-state index contributed by atoms with van der Waals surface area (Å²) in [5, 5.41) is 4.93. The number of benzene rings is 2. The Balaban J connectivity index is 1.25. The number of carbonyl (C=O) groups is 4. The first-order chi connectivity index (χ1) is 26.7. The number of sulfonamides is 1. The van der Waals surface area contributed by atoms with Gasteiger partial charge in [0.05, 0.1) is 29.4 Å². The molecular weight excluding hydrogens is 737 g/mol. The van der Waals surface area contributed by atoms with Crippen LogP contribution in [0.4, 0.5) is 4.79 Å². The SMILES string of the molecule is C=C[C@@H]1C[C@@]1(NC(=O)[C@@H]1C[C@@H]2CN1C(=O)[C@H](C(C)(C)C)NC(=O)OCCCCCCc1ccc3nc(-c4ccccc4)c(nc3c1)O2)C(=O)NS(=O)(=O)C1CC1. The van der Waals surface area contributed by atoms with Crippen molar-refractivity contribution in [3.05, 3.63) is 66.7 Å². The van der Waals surface area contributed by atoms with Crippen LogP contribution < -0.4 is 20.1 Å². The fourth-order valence-corrected chi connectivity index (χ4v) is 8.94. The number of nitrogens with zero attached hydrogens (tertiary/aromatic N) is 3. The summed E-state index contributed by atoms with van der Waals surface area (Å²) in [4.78, 5) is 67.1. The van der Waals surface area contributed by atoms with Gasteiger partial charge in [-0.2, -0.15) is 0 Å². The zero-order chi connectivity index (χ0) is 39.8. The normalized spacial score (nSPS) is 26.2. The Morgan fingerprint density at radius 1 is 1.02 bits per heavy atom. The summed E-state index contributed by atoms with van der Waals surface area (Å²) in [6.45, 7) is 9.33. The van der Waals surface area contributed by atoms with Crippen molar-refractivity contribution < 1.29 is 37.1 Å². The van der Waals surface area contributed by atoms with Gasteiger partial charge in [-0.25, -0.2) is 23.2 Å². The maximum absolute atomic E-state index is 14.6. The summed E-state index contributed by atoms with van der Waals surface area (Å²) in [6.07, 6.45) is 5.28. The predicted octanol–water partition coefficient (Wildman–Crippen LogP) is 4.57. The smallest absolute Gasteiger partial charge is 0.407 e. The molecule has 0 unspecified atom stereocenters. The zero-order valence-corrected chi connectivity index (χ0v) is 32.9. The third kappa shape index (κ3) is 8.37. The number of aromatic nitrogens is 2. The predicted molar refractivity (Wildman–Crippen MR) is 209 cm³/mol. The van der Waals surface area contributed by atoms with Crippen molar-refractivity contribution in [2.24, 2.45) is 11.3 Å². The fraction of sp³-hybridized carbons (Fsp3) is 0.512. The molecule has 3 fully saturated rings. The van der Waals surface area contributed by atoms with Gasteiger partial charge < -0.3 is 25.0 Å². The van der Waals surface area contributed by atoms with E-state index in [0.717, 1.165) is 36.8 Å².